The minimum atomic E-state index is -0.152. The fourth-order valence-electron chi connectivity index (χ4n) is 19.8. The second-order valence-electron chi connectivity index (χ2n) is 34.3. The van der Waals surface area contributed by atoms with Crippen LogP contribution in [0.5, 0.6) is 0 Å². The summed E-state index contributed by atoms with van der Waals surface area (Å²) in [4.78, 5) is 8.60. The van der Waals surface area contributed by atoms with Crippen LogP contribution in [0.15, 0.2) is 78.9 Å². The van der Waals surface area contributed by atoms with Crippen LogP contribution in [0.25, 0.3) is 0 Å². The van der Waals surface area contributed by atoms with E-state index in [1.807, 2.05) is 0 Å². The van der Waals surface area contributed by atoms with E-state index in [2.05, 4.69) is 232 Å². The van der Waals surface area contributed by atoms with Crippen LogP contribution < -0.4 is 31.1 Å². The SMILES string of the molecule is Cc1cc2c3c(c1)N(c1cc4c(cc1C)C(C)(C)CCC4(C)C)c1cc4c(cc1B3c1ccc3cc1N2c1cc2c(cc1C)C(C)(C)CCC2(C)C1CCC2(C)c5cc6c(cc5N3C2(C)C1)C(C)(C)CCC6(C)C)C(C)(C)CCC4(C)C. The number of hydrogen-bond donors (Lipinski definition) is 0. The molecule has 4 aliphatic heterocycles. The van der Waals surface area contributed by atoms with Crippen LogP contribution in [0.4, 0.5) is 45.5 Å². The highest BCUT2D eigenvalue weighted by Crippen LogP contribution is 2.68. The number of nitrogens with zero attached hydrogens (tertiary/aromatic N) is 3. The molecular weight excluding hydrogens is 990 g/mol. The number of rotatable bonds is 1. The maximum Gasteiger partial charge on any atom is 0.252 e. The molecule has 0 aromatic heterocycles. The molecule has 0 spiro atoms. The van der Waals surface area contributed by atoms with Gasteiger partial charge in [-0.05, 0) is 279 Å². The van der Waals surface area contributed by atoms with Crippen molar-refractivity contribution in [2.45, 2.75) is 263 Å². The van der Waals surface area contributed by atoms with E-state index in [0.717, 1.165) is 0 Å². The van der Waals surface area contributed by atoms with Crippen molar-refractivity contribution in [2.75, 3.05) is 14.7 Å². The first-order valence-corrected chi connectivity index (χ1v) is 32.5. The second kappa shape index (κ2) is 16.0. The second-order valence-corrected chi connectivity index (χ2v) is 34.3. The van der Waals surface area contributed by atoms with E-state index in [0.29, 0.717) is 5.92 Å². The number of fused-ring (bicyclic) bond motifs is 16. The van der Waals surface area contributed by atoms with Crippen molar-refractivity contribution in [2.24, 2.45) is 5.92 Å². The van der Waals surface area contributed by atoms with Gasteiger partial charge in [0.2, 0.25) is 0 Å². The fourth-order valence-corrected chi connectivity index (χ4v) is 19.8. The number of hydrogen-bond acceptors (Lipinski definition) is 3. The molecule has 1 saturated carbocycles. The third-order valence-corrected chi connectivity index (χ3v) is 26.1. The van der Waals surface area contributed by atoms with E-state index in [1.165, 1.54) is 166 Å². The van der Waals surface area contributed by atoms with Crippen LogP contribution in [0.3, 0.4) is 0 Å². The maximum atomic E-state index is 2.97. The zero-order valence-electron chi connectivity index (χ0n) is 54.3. The van der Waals surface area contributed by atoms with Gasteiger partial charge in [-0.3, -0.25) is 0 Å². The Kier molecular flexibility index (Phi) is 10.4. The number of anilines is 8. The summed E-state index contributed by atoms with van der Waals surface area (Å²) in [6, 6.07) is 34.9. The van der Waals surface area contributed by atoms with Crippen molar-refractivity contribution in [3.63, 3.8) is 0 Å². The molecule has 4 heterocycles. The largest absolute Gasteiger partial charge is 0.334 e. The van der Waals surface area contributed by atoms with Gasteiger partial charge in [0, 0.05) is 50.9 Å². The summed E-state index contributed by atoms with van der Waals surface area (Å²) in [6.07, 6.45) is 13.3. The van der Waals surface area contributed by atoms with Gasteiger partial charge in [-0.2, -0.15) is 0 Å². The van der Waals surface area contributed by atoms with E-state index >= 15 is 0 Å². The molecule has 5 aliphatic carbocycles. The highest BCUT2D eigenvalue weighted by atomic mass is 15.3. The highest BCUT2D eigenvalue weighted by molar-refractivity contribution is 7.00. The van der Waals surface area contributed by atoms with Gasteiger partial charge in [-0.15, -0.1) is 0 Å². The molecule has 3 nitrogen and oxygen atoms in total. The van der Waals surface area contributed by atoms with Crippen molar-refractivity contribution >= 4 is 68.6 Å². The van der Waals surface area contributed by atoms with Gasteiger partial charge >= 0.3 is 0 Å². The van der Waals surface area contributed by atoms with E-state index in [1.54, 1.807) is 33.4 Å². The molecule has 0 saturated heterocycles. The molecule has 15 rings (SSSR count). The Morgan fingerprint density at radius 2 is 0.780 bits per heavy atom. The van der Waals surface area contributed by atoms with Gasteiger partial charge in [0.15, 0.2) is 0 Å². The molecule has 0 radical (unpaired) electrons. The molecule has 6 bridgehead atoms. The van der Waals surface area contributed by atoms with Crippen LogP contribution in [-0.2, 0) is 48.7 Å². The fraction of sp³-hybridized carbons (Fsp3) is 0.538. The normalized spacial score (nSPS) is 28.6. The Labute approximate surface area is 495 Å². The van der Waals surface area contributed by atoms with Gasteiger partial charge in [0.1, 0.15) is 0 Å². The predicted octanol–water partition coefficient (Wildman–Crippen LogP) is 19.1. The predicted molar refractivity (Wildman–Crippen MR) is 352 cm³/mol. The van der Waals surface area contributed by atoms with Crippen LogP contribution in [0.1, 0.15) is 255 Å². The molecule has 4 atom stereocenters. The molecule has 0 amide bonds. The van der Waals surface area contributed by atoms with Crippen molar-refractivity contribution in [1.82, 2.24) is 0 Å². The van der Waals surface area contributed by atoms with Crippen molar-refractivity contribution < 1.29 is 0 Å². The van der Waals surface area contributed by atoms with Crippen molar-refractivity contribution in [1.29, 1.82) is 0 Å². The molecular formula is C78H96BN3. The number of aryl methyl sites for hydroxylation is 3. The summed E-state index contributed by atoms with van der Waals surface area (Å²) >= 11 is 0. The monoisotopic (exact) mass is 1090 g/mol. The lowest BCUT2D eigenvalue weighted by molar-refractivity contribution is 0.0839. The van der Waals surface area contributed by atoms with E-state index in [9.17, 15) is 0 Å². The first-order valence-electron chi connectivity index (χ1n) is 32.5. The van der Waals surface area contributed by atoms with Crippen molar-refractivity contribution in [3.05, 3.63) is 146 Å². The Morgan fingerprint density at radius 3 is 1.30 bits per heavy atom. The topological polar surface area (TPSA) is 9.72 Å². The highest BCUT2D eigenvalue weighted by Gasteiger charge is 2.63. The third-order valence-electron chi connectivity index (χ3n) is 26.1. The molecule has 426 valence electrons. The van der Waals surface area contributed by atoms with E-state index < -0.39 is 0 Å². The van der Waals surface area contributed by atoms with Crippen LogP contribution in [-0.4, -0.2) is 12.3 Å². The lowest BCUT2D eigenvalue weighted by Gasteiger charge is -2.58. The molecule has 6 aromatic carbocycles. The minimum Gasteiger partial charge on any atom is -0.334 e. The summed E-state index contributed by atoms with van der Waals surface area (Å²) in [5.41, 5.74) is 33.9. The first-order chi connectivity index (χ1) is 38.1. The smallest absolute Gasteiger partial charge is 0.252 e. The summed E-state index contributed by atoms with van der Waals surface area (Å²) in [7, 11) is 0. The quantitative estimate of drug-likeness (QED) is 0.152. The zero-order valence-corrected chi connectivity index (χ0v) is 54.3. The summed E-state index contributed by atoms with van der Waals surface area (Å²) in [5, 5.41) is 0. The van der Waals surface area contributed by atoms with Gasteiger partial charge in [0.25, 0.3) is 6.71 Å². The van der Waals surface area contributed by atoms with Crippen molar-refractivity contribution in [3.8, 4) is 0 Å². The Bertz CT molecular complexity index is 3860. The molecule has 9 aliphatic rings. The summed E-state index contributed by atoms with van der Waals surface area (Å²) < 4.78 is 0. The lowest BCUT2D eigenvalue weighted by atomic mass is 9.33. The maximum absolute atomic E-state index is 2.97. The molecule has 4 heteroatoms. The Morgan fingerprint density at radius 1 is 0.366 bits per heavy atom. The molecule has 1 fully saturated rings. The average Bonchev–Trinajstić information content (AvgIpc) is 1.68. The molecule has 82 heavy (non-hydrogen) atoms. The van der Waals surface area contributed by atoms with Gasteiger partial charge < -0.3 is 14.7 Å². The van der Waals surface area contributed by atoms with E-state index in [4.69, 9.17) is 0 Å². The summed E-state index contributed by atoms with van der Waals surface area (Å²) in [5.74, 6) is 0.534. The Balaban J connectivity index is 1.07. The lowest BCUT2D eigenvalue weighted by Crippen LogP contribution is -2.62. The zero-order chi connectivity index (χ0) is 58.1. The standard InChI is InChI=1S/C78H96BN3/c1-45-33-66-68-67(34-45)81(61-40-54-50(35-46(61)2)69(4,5)25-28-72(54,10)11)65-42-56-53(71(8,9)27-30-74(56,14)15)39-60(65)79(68)59-22-21-49-37-64(59)80(66)62-43-57-51(36-47(62)3)75(16,17)31-32-76(57,18)48-23-24-77(19)58-38-52-55(73(12,13)29-26-70(52,6)7)41-63(58)82(49)78(77,20)44-48/h21-22,33-43,48H,23-32,44H2,1-20H3. The van der Waals surface area contributed by atoms with Crippen LogP contribution in [0.2, 0.25) is 0 Å². The third kappa shape index (κ3) is 6.74. The van der Waals surface area contributed by atoms with Crippen LogP contribution in [0, 0.1) is 26.7 Å². The average molecular weight is 1090 g/mol. The van der Waals surface area contributed by atoms with Gasteiger partial charge in [0.05, 0.1) is 5.54 Å². The van der Waals surface area contributed by atoms with E-state index in [-0.39, 0.29) is 61.0 Å². The minimum absolute atomic E-state index is 0.0170. The molecule has 4 unspecified atom stereocenters. The van der Waals surface area contributed by atoms with Gasteiger partial charge in [-0.1, -0.05) is 141 Å². The van der Waals surface area contributed by atoms with Crippen LogP contribution >= 0.6 is 0 Å². The number of benzene rings is 6. The molecule has 6 aromatic rings. The first kappa shape index (κ1) is 53.5. The Hall–Kier alpha value is -5.22. The molecule has 0 N–H and O–H groups in total. The van der Waals surface area contributed by atoms with Gasteiger partial charge in [-0.25, -0.2) is 0 Å². The summed E-state index contributed by atoms with van der Waals surface area (Å²) in [6.45, 7) is 50.8.